The van der Waals surface area contributed by atoms with Crippen molar-refractivity contribution in [1.29, 1.82) is 0 Å². The molecule has 5 heteroatoms. The Morgan fingerprint density at radius 2 is 2.21 bits per heavy atom. The molecule has 0 saturated heterocycles. The van der Waals surface area contributed by atoms with Crippen LogP contribution in [0.2, 0.25) is 0 Å². The Hall–Kier alpha value is -0.680. The number of nitrogens with zero attached hydrogens (tertiary/aromatic N) is 2. The third kappa shape index (κ3) is 3.23. The second-order valence-electron chi connectivity index (χ2n) is 3.37. The van der Waals surface area contributed by atoms with Crippen molar-refractivity contribution in [3.05, 3.63) is 6.33 Å². The highest BCUT2D eigenvalue weighted by atomic mass is 32.1. The summed E-state index contributed by atoms with van der Waals surface area (Å²) in [5.74, 6) is 0.593. The lowest BCUT2D eigenvalue weighted by atomic mass is 9.95. The molecular formula is C9H18N4S. The molecular weight excluding hydrogens is 196 g/mol. The summed E-state index contributed by atoms with van der Waals surface area (Å²) in [5.41, 5.74) is 6.05. The number of anilines is 1. The first-order chi connectivity index (χ1) is 6.77. The second kappa shape index (κ2) is 5.93. The molecule has 0 aliphatic heterocycles. The molecule has 0 aromatic carbocycles. The van der Waals surface area contributed by atoms with E-state index in [2.05, 4.69) is 28.5 Å². The maximum atomic E-state index is 6.05. The largest absolute Gasteiger partial charge is 0.359 e. The van der Waals surface area contributed by atoms with Gasteiger partial charge in [0.05, 0.1) is 0 Å². The molecule has 1 atom stereocenters. The fourth-order valence-electron chi connectivity index (χ4n) is 1.52. The third-order valence-corrected chi connectivity index (χ3v) is 3.13. The number of nitrogens with one attached hydrogen (secondary N) is 1. The van der Waals surface area contributed by atoms with Gasteiger partial charge in [0.1, 0.15) is 6.33 Å². The normalized spacial score (nSPS) is 13.1. The minimum Gasteiger partial charge on any atom is -0.359 e. The lowest BCUT2D eigenvalue weighted by Gasteiger charge is -2.20. The van der Waals surface area contributed by atoms with Gasteiger partial charge in [0.25, 0.3) is 0 Å². The molecule has 0 radical (unpaired) electrons. The Morgan fingerprint density at radius 1 is 1.50 bits per heavy atom. The third-order valence-electron chi connectivity index (χ3n) is 2.50. The first-order valence-corrected chi connectivity index (χ1v) is 5.81. The summed E-state index contributed by atoms with van der Waals surface area (Å²) in [4.78, 5) is 4.04. The predicted octanol–water partition coefficient (Wildman–Crippen LogP) is 1.71. The Labute approximate surface area is 89.1 Å². The Kier molecular flexibility index (Phi) is 4.82. The van der Waals surface area contributed by atoms with E-state index in [1.807, 2.05) is 0 Å². The van der Waals surface area contributed by atoms with E-state index in [1.165, 1.54) is 11.5 Å². The zero-order valence-corrected chi connectivity index (χ0v) is 9.55. The van der Waals surface area contributed by atoms with Gasteiger partial charge < -0.3 is 11.1 Å². The number of nitrogens with two attached hydrogens (primary N) is 1. The average molecular weight is 214 g/mol. The van der Waals surface area contributed by atoms with E-state index in [0.29, 0.717) is 5.92 Å². The summed E-state index contributed by atoms with van der Waals surface area (Å²) in [7, 11) is 0. The van der Waals surface area contributed by atoms with Gasteiger partial charge in [-0.05, 0) is 5.92 Å². The summed E-state index contributed by atoms with van der Waals surface area (Å²) in [6.07, 6.45) is 3.82. The highest BCUT2D eigenvalue weighted by Crippen LogP contribution is 2.13. The van der Waals surface area contributed by atoms with E-state index in [4.69, 9.17) is 5.73 Å². The SMILES string of the molecule is CCC(CC)C(N)CNc1ncns1. The van der Waals surface area contributed by atoms with Crippen molar-refractivity contribution in [2.45, 2.75) is 32.7 Å². The van der Waals surface area contributed by atoms with Crippen molar-refractivity contribution in [3.8, 4) is 0 Å². The van der Waals surface area contributed by atoms with Crippen LogP contribution in [0.15, 0.2) is 6.33 Å². The van der Waals surface area contributed by atoms with Crippen LogP contribution in [-0.4, -0.2) is 21.9 Å². The highest BCUT2D eigenvalue weighted by molar-refractivity contribution is 7.09. The Balaban J connectivity index is 2.30. The molecule has 4 nitrogen and oxygen atoms in total. The molecule has 0 fully saturated rings. The molecule has 80 valence electrons. The van der Waals surface area contributed by atoms with Gasteiger partial charge in [0.2, 0.25) is 5.13 Å². The molecule has 1 rings (SSSR count). The number of rotatable bonds is 6. The maximum Gasteiger partial charge on any atom is 0.202 e. The maximum absolute atomic E-state index is 6.05. The average Bonchev–Trinajstić information content (AvgIpc) is 2.69. The van der Waals surface area contributed by atoms with E-state index in [9.17, 15) is 0 Å². The van der Waals surface area contributed by atoms with Crippen molar-refractivity contribution in [2.24, 2.45) is 11.7 Å². The zero-order chi connectivity index (χ0) is 10.4. The molecule has 1 unspecified atom stereocenters. The molecule has 0 spiro atoms. The van der Waals surface area contributed by atoms with Gasteiger partial charge in [-0.2, -0.15) is 4.37 Å². The van der Waals surface area contributed by atoms with E-state index >= 15 is 0 Å². The smallest absolute Gasteiger partial charge is 0.202 e. The van der Waals surface area contributed by atoms with E-state index in [1.54, 1.807) is 6.33 Å². The lowest BCUT2D eigenvalue weighted by molar-refractivity contribution is 0.407. The monoisotopic (exact) mass is 214 g/mol. The van der Waals surface area contributed by atoms with Crippen molar-refractivity contribution >= 4 is 16.7 Å². The molecule has 1 heterocycles. The van der Waals surface area contributed by atoms with Crippen molar-refractivity contribution in [1.82, 2.24) is 9.36 Å². The van der Waals surface area contributed by atoms with Crippen LogP contribution in [0.4, 0.5) is 5.13 Å². The number of hydrogen-bond donors (Lipinski definition) is 2. The fourth-order valence-corrected chi connectivity index (χ4v) is 1.95. The van der Waals surface area contributed by atoms with Crippen molar-refractivity contribution < 1.29 is 0 Å². The summed E-state index contributed by atoms with van der Waals surface area (Å²) >= 11 is 1.36. The van der Waals surface area contributed by atoms with Crippen LogP contribution in [0.3, 0.4) is 0 Å². The Morgan fingerprint density at radius 3 is 2.71 bits per heavy atom. The molecule has 1 aromatic rings. The number of hydrogen-bond acceptors (Lipinski definition) is 5. The van der Waals surface area contributed by atoms with Crippen LogP contribution >= 0.6 is 11.5 Å². The molecule has 0 aliphatic rings. The molecule has 1 aromatic heterocycles. The van der Waals surface area contributed by atoms with E-state index < -0.39 is 0 Å². The summed E-state index contributed by atoms with van der Waals surface area (Å²) < 4.78 is 3.91. The van der Waals surface area contributed by atoms with Crippen LogP contribution in [0, 0.1) is 5.92 Å². The van der Waals surface area contributed by atoms with Crippen molar-refractivity contribution in [3.63, 3.8) is 0 Å². The minimum atomic E-state index is 0.203. The van der Waals surface area contributed by atoms with Crippen molar-refractivity contribution in [2.75, 3.05) is 11.9 Å². The zero-order valence-electron chi connectivity index (χ0n) is 8.73. The van der Waals surface area contributed by atoms with Gasteiger partial charge in [-0.3, -0.25) is 0 Å². The quantitative estimate of drug-likeness (QED) is 0.756. The summed E-state index contributed by atoms with van der Waals surface area (Å²) in [6, 6.07) is 0.203. The van der Waals surface area contributed by atoms with Gasteiger partial charge in [-0.1, -0.05) is 26.7 Å². The van der Waals surface area contributed by atoms with Crippen LogP contribution in [-0.2, 0) is 0 Å². The topological polar surface area (TPSA) is 63.8 Å². The molecule has 14 heavy (non-hydrogen) atoms. The molecule has 0 bridgehead atoms. The first kappa shape index (κ1) is 11.4. The van der Waals surface area contributed by atoms with Crippen LogP contribution in [0.25, 0.3) is 0 Å². The van der Waals surface area contributed by atoms with Gasteiger partial charge in [0, 0.05) is 24.1 Å². The van der Waals surface area contributed by atoms with Gasteiger partial charge in [0.15, 0.2) is 0 Å². The van der Waals surface area contributed by atoms with Gasteiger partial charge >= 0.3 is 0 Å². The van der Waals surface area contributed by atoms with E-state index in [-0.39, 0.29) is 6.04 Å². The summed E-state index contributed by atoms with van der Waals surface area (Å²) in [5, 5.41) is 4.05. The molecule has 0 amide bonds. The van der Waals surface area contributed by atoms with E-state index in [0.717, 1.165) is 24.5 Å². The van der Waals surface area contributed by atoms with Crippen LogP contribution < -0.4 is 11.1 Å². The predicted molar refractivity (Wildman–Crippen MR) is 60.4 cm³/mol. The van der Waals surface area contributed by atoms with Crippen LogP contribution in [0.1, 0.15) is 26.7 Å². The van der Waals surface area contributed by atoms with Crippen LogP contribution in [0.5, 0.6) is 0 Å². The molecule has 0 saturated carbocycles. The minimum absolute atomic E-state index is 0.203. The van der Waals surface area contributed by atoms with Gasteiger partial charge in [-0.15, -0.1) is 0 Å². The summed E-state index contributed by atoms with van der Waals surface area (Å²) in [6.45, 7) is 5.14. The lowest BCUT2D eigenvalue weighted by Crippen LogP contribution is -2.36. The highest BCUT2D eigenvalue weighted by Gasteiger charge is 2.13. The first-order valence-electron chi connectivity index (χ1n) is 5.04. The molecule has 3 N–H and O–H groups in total. The Bertz CT molecular complexity index is 233. The number of aromatic nitrogens is 2. The second-order valence-corrected chi connectivity index (χ2v) is 4.15. The standard InChI is InChI=1S/C9H18N4S/c1-3-7(4-2)8(10)5-11-9-12-6-13-14-9/h6-8H,3-5,10H2,1-2H3,(H,11,12,13). The fraction of sp³-hybridized carbons (Fsp3) is 0.778. The molecule has 0 aliphatic carbocycles. The van der Waals surface area contributed by atoms with Gasteiger partial charge in [-0.25, -0.2) is 4.98 Å².